The molecule has 2 saturated carbocycles. The number of carbonyl (C=O) groups excluding carboxylic acids is 1. The van der Waals surface area contributed by atoms with Crippen molar-refractivity contribution in [1.82, 2.24) is 5.43 Å². The number of hydrogen-bond donors (Lipinski definition) is 1. The summed E-state index contributed by atoms with van der Waals surface area (Å²) >= 11 is 3.44. The molecular formula is C17H21BrN2O2. The molecule has 2 unspecified atom stereocenters. The Morgan fingerprint density at radius 2 is 2.14 bits per heavy atom. The van der Waals surface area contributed by atoms with Gasteiger partial charge in [0.1, 0.15) is 5.75 Å². The molecule has 1 aromatic rings. The number of fused-ring (bicyclic) bond motifs is 1. The molecule has 118 valence electrons. The van der Waals surface area contributed by atoms with Crippen molar-refractivity contribution in [1.29, 1.82) is 0 Å². The molecule has 1 aromatic carbocycles. The van der Waals surface area contributed by atoms with Crippen molar-refractivity contribution in [2.45, 2.75) is 32.6 Å². The second kappa shape index (κ2) is 6.82. The van der Waals surface area contributed by atoms with Gasteiger partial charge in [0.15, 0.2) is 0 Å². The molecular weight excluding hydrogens is 344 g/mol. The van der Waals surface area contributed by atoms with Crippen LogP contribution in [0.4, 0.5) is 0 Å². The van der Waals surface area contributed by atoms with E-state index in [0.29, 0.717) is 18.4 Å². The van der Waals surface area contributed by atoms with Crippen molar-refractivity contribution in [2.75, 3.05) is 6.61 Å². The fourth-order valence-electron chi connectivity index (χ4n) is 3.53. The van der Waals surface area contributed by atoms with Crippen LogP contribution in [0, 0.1) is 17.8 Å². The minimum absolute atomic E-state index is 0.0705. The Bertz CT molecular complexity index is 576. The standard InChI is InChI=1S/C17H21BrN2O2/c1-2-22-15-8-7-12(18)9-11(15)10-19-20-17(21)16-13-5-3-4-6-14(13)16/h7-10,13-14,16H,2-6H2,1H3,(H,20,21)/b19-10-. The van der Waals surface area contributed by atoms with Crippen LogP contribution >= 0.6 is 15.9 Å². The predicted molar refractivity (Wildman–Crippen MR) is 90.0 cm³/mol. The zero-order valence-electron chi connectivity index (χ0n) is 12.7. The zero-order valence-corrected chi connectivity index (χ0v) is 14.3. The number of hydrazone groups is 1. The summed E-state index contributed by atoms with van der Waals surface area (Å²) in [6.07, 6.45) is 6.59. The molecule has 22 heavy (non-hydrogen) atoms. The molecule has 5 heteroatoms. The average molecular weight is 365 g/mol. The summed E-state index contributed by atoms with van der Waals surface area (Å²) in [4.78, 5) is 12.2. The molecule has 0 spiro atoms. The third-order valence-electron chi connectivity index (χ3n) is 4.61. The maximum atomic E-state index is 12.2. The first-order valence-corrected chi connectivity index (χ1v) is 8.75. The van der Waals surface area contributed by atoms with Crippen LogP contribution in [0.25, 0.3) is 0 Å². The molecule has 0 aliphatic heterocycles. The molecule has 0 saturated heterocycles. The predicted octanol–water partition coefficient (Wildman–Crippen LogP) is 3.73. The molecule has 2 atom stereocenters. The van der Waals surface area contributed by atoms with E-state index in [1.54, 1.807) is 6.21 Å². The van der Waals surface area contributed by atoms with Gasteiger partial charge < -0.3 is 4.74 Å². The highest BCUT2D eigenvalue weighted by Gasteiger charge is 2.54. The van der Waals surface area contributed by atoms with Gasteiger partial charge in [-0.1, -0.05) is 28.8 Å². The molecule has 0 bridgehead atoms. The zero-order chi connectivity index (χ0) is 15.5. The summed E-state index contributed by atoms with van der Waals surface area (Å²) in [5, 5.41) is 4.12. The number of benzene rings is 1. The third kappa shape index (κ3) is 3.35. The van der Waals surface area contributed by atoms with Gasteiger partial charge in [-0.15, -0.1) is 0 Å². The molecule has 4 nitrogen and oxygen atoms in total. The molecule has 2 fully saturated rings. The number of nitrogens with zero attached hydrogens (tertiary/aromatic N) is 1. The summed E-state index contributed by atoms with van der Waals surface area (Å²) in [6.45, 7) is 2.54. The lowest BCUT2D eigenvalue weighted by molar-refractivity contribution is -0.122. The van der Waals surface area contributed by atoms with Crippen LogP contribution in [0.2, 0.25) is 0 Å². The first-order chi connectivity index (χ1) is 10.7. The van der Waals surface area contributed by atoms with E-state index >= 15 is 0 Å². The fourth-order valence-corrected chi connectivity index (χ4v) is 3.91. The van der Waals surface area contributed by atoms with Crippen molar-refractivity contribution >= 4 is 28.1 Å². The van der Waals surface area contributed by atoms with E-state index in [-0.39, 0.29) is 11.8 Å². The van der Waals surface area contributed by atoms with Gasteiger partial charge in [-0.05, 0) is 49.8 Å². The fraction of sp³-hybridized carbons (Fsp3) is 0.529. The molecule has 2 aliphatic rings. The quantitative estimate of drug-likeness (QED) is 0.639. The summed E-state index contributed by atoms with van der Waals surface area (Å²) in [5.41, 5.74) is 3.55. The molecule has 2 aliphatic carbocycles. The summed E-state index contributed by atoms with van der Waals surface area (Å²) < 4.78 is 6.52. The van der Waals surface area contributed by atoms with Crippen LogP contribution in [0.15, 0.2) is 27.8 Å². The Morgan fingerprint density at radius 3 is 2.82 bits per heavy atom. The highest BCUT2D eigenvalue weighted by atomic mass is 79.9. The first-order valence-electron chi connectivity index (χ1n) is 7.96. The van der Waals surface area contributed by atoms with Gasteiger partial charge >= 0.3 is 0 Å². The number of nitrogens with one attached hydrogen (secondary N) is 1. The van der Waals surface area contributed by atoms with E-state index in [9.17, 15) is 4.79 Å². The molecule has 3 rings (SSSR count). The maximum absolute atomic E-state index is 12.2. The average Bonchev–Trinajstić information content (AvgIpc) is 3.24. The largest absolute Gasteiger partial charge is 0.493 e. The lowest BCUT2D eigenvalue weighted by Gasteiger charge is -2.07. The van der Waals surface area contributed by atoms with Gasteiger partial charge in [-0.3, -0.25) is 4.79 Å². The van der Waals surface area contributed by atoms with Crippen LogP contribution in [0.1, 0.15) is 38.2 Å². The Kier molecular flexibility index (Phi) is 4.81. The molecule has 0 heterocycles. The van der Waals surface area contributed by atoms with Gasteiger partial charge in [0.25, 0.3) is 0 Å². The molecule has 0 aromatic heterocycles. The van der Waals surface area contributed by atoms with Crippen molar-refractivity contribution in [3.63, 3.8) is 0 Å². The monoisotopic (exact) mass is 364 g/mol. The Labute approximate surface area is 139 Å². The maximum Gasteiger partial charge on any atom is 0.243 e. The summed E-state index contributed by atoms with van der Waals surface area (Å²) in [6, 6.07) is 5.75. The Balaban J connectivity index is 1.60. The van der Waals surface area contributed by atoms with Crippen LogP contribution in [-0.2, 0) is 4.79 Å². The highest BCUT2D eigenvalue weighted by molar-refractivity contribution is 9.10. The van der Waals surface area contributed by atoms with E-state index in [4.69, 9.17) is 4.74 Å². The van der Waals surface area contributed by atoms with Crippen molar-refractivity contribution in [3.05, 3.63) is 28.2 Å². The summed E-state index contributed by atoms with van der Waals surface area (Å²) in [5.74, 6) is 2.24. The smallest absolute Gasteiger partial charge is 0.243 e. The van der Waals surface area contributed by atoms with Crippen LogP contribution in [0.5, 0.6) is 5.75 Å². The first kappa shape index (κ1) is 15.5. The molecule has 1 amide bonds. The van der Waals surface area contributed by atoms with Crippen molar-refractivity contribution in [3.8, 4) is 5.75 Å². The lowest BCUT2D eigenvalue weighted by atomic mass is 10.0. The van der Waals surface area contributed by atoms with Crippen LogP contribution in [-0.4, -0.2) is 18.7 Å². The van der Waals surface area contributed by atoms with Crippen molar-refractivity contribution in [2.24, 2.45) is 22.9 Å². The van der Waals surface area contributed by atoms with Gasteiger partial charge in [0, 0.05) is 16.0 Å². The van der Waals surface area contributed by atoms with Gasteiger partial charge in [0.2, 0.25) is 5.91 Å². The normalized spacial score (nSPS) is 26.5. The molecule has 1 N–H and O–H groups in total. The Hall–Kier alpha value is -1.36. The minimum Gasteiger partial charge on any atom is -0.493 e. The number of rotatable bonds is 5. The summed E-state index contributed by atoms with van der Waals surface area (Å²) in [7, 11) is 0. The van der Waals surface area contributed by atoms with E-state index < -0.39 is 0 Å². The van der Waals surface area contributed by atoms with E-state index in [1.807, 2.05) is 25.1 Å². The topological polar surface area (TPSA) is 50.7 Å². The lowest BCUT2D eigenvalue weighted by Crippen LogP contribution is -2.20. The van der Waals surface area contributed by atoms with E-state index in [1.165, 1.54) is 25.7 Å². The van der Waals surface area contributed by atoms with E-state index in [0.717, 1.165) is 15.8 Å². The van der Waals surface area contributed by atoms with Crippen molar-refractivity contribution < 1.29 is 9.53 Å². The third-order valence-corrected chi connectivity index (χ3v) is 5.10. The number of ether oxygens (including phenoxy) is 1. The van der Waals surface area contributed by atoms with Crippen LogP contribution in [0.3, 0.4) is 0 Å². The number of amides is 1. The highest BCUT2D eigenvalue weighted by Crippen LogP contribution is 2.55. The van der Waals surface area contributed by atoms with E-state index in [2.05, 4.69) is 26.5 Å². The second-order valence-corrected chi connectivity index (χ2v) is 6.90. The van der Waals surface area contributed by atoms with Crippen LogP contribution < -0.4 is 10.2 Å². The number of halogens is 1. The Morgan fingerprint density at radius 1 is 1.41 bits per heavy atom. The number of carbonyl (C=O) groups is 1. The van der Waals surface area contributed by atoms with Gasteiger partial charge in [-0.25, -0.2) is 5.43 Å². The van der Waals surface area contributed by atoms with Gasteiger partial charge in [-0.2, -0.15) is 5.10 Å². The SMILES string of the molecule is CCOc1ccc(Br)cc1/C=N\NC(=O)C1C2CCCCC21. The second-order valence-electron chi connectivity index (χ2n) is 5.99. The van der Waals surface area contributed by atoms with Gasteiger partial charge in [0.05, 0.1) is 12.8 Å². The number of hydrogen-bond acceptors (Lipinski definition) is 3. The molecule has 0 radical (unpaired) electrons. The minimum atomic E-state index is 0.0705.